The lowest BCUT2D eigenvalue weighted by atomic mass is 10.4. The van der Waals surface area contributed by atoms with Gasteiger partial charge in [-0.25, -0.2) is 0 Å². The molecule has 2 nitrogen and oxygen atoms in total. The first-order valence-electron chi connectivity index (χ1n) is 2.98. The number of hydrogen-bond acceptors (Lipinski definition) is 2. The van der Waals surface area contributed by atoms with Crippen molar-refractivity contribution in [1.82, 2.24) is 5.32 Å². The number of rotatable bonds is 5. The third kappa shape index (κ3) is 3.66. The van der Waals surface area contributed by atoms with Crippen molar-refractivity contribution in [3.63, 3.8) is 0 Å². The monoisotopic (exact) mass is 136 g/mol. The van der Waals surface area contributed by atoms with E-state index in [4.69, 9.17) is 0 Å². The Morgan fingerprint density at radius 3 is 2.60 bits per heavy atom. The number of hydrogen-bond donors (Lipinski definition) is 1. The normalized spacial score (nSPS) is 10.2. The standard InChI is InChI=1S/C8H12N2/c1-4-6-10-8(5-2)7-9-3/h4-5,7,10H,1-3,6H2/b8-7+. The van der Waals surface area contributed by atoms with Gasteiger partial charge in [-0.1, -0.05) is 12.7 Å². The molecule has 0 aliphatic heterocycles. The van der Waals surface area contributed by atoms with E-state index in [0.717, 1.165) is 5.70 Å². The molecule has 2 heteroatoms. The first kappa shape index (κ1) is 8.69. The summed E-state index contributed by atoms with van der Waals surface area (Å²) in [4.78, 5) is 3.58. The fourth-order valence-electron chi connectivity index (χ4n) is 0.459. The minimum atomic E-state index is 0.716. The Labute approximate surface area is 61.7 Å². The van der Waals surface area contributed by atoms with Crippen molar-refractivity contribution in [2.24, 2.45) is 4.99 Å². The SMILES string of the molecule is C=CCN/C(C=C)=C/N=C. The Morgan fingerprint density at radius 1 is 1.50 bits per heavy atom. The molecule has 0 amide bonds. The van der Waals surface area contributed by atoms with E-state index >= 15 is 0 Å². The van der Waals surface area contributed by atoms with Crippen LogP contribution in [0.5, 0.6) is 0 Å². The lowest BCUT2D eigenvalue weighted by molar-refractivity contribution is 0.932. The second-order valence-corrected chi connectivity index (χ2v) is 1.64. The quantitative estimate of drug-likeness (QED) is 0.345. The zero-order valence-electron chi connectivity index (χ0n) is 6.01. The third-order valence-corrected chi connectivity index (χ3v) is 0.901. The molecule has 54 valence electrons. The van der Waals surface area contributed by atoms with Crippen LogP contribution in [-0.2, 0) is 0 Å². The molecule has 10 heavy (non-hydrogen) atoms. The summed E-state index contributed by atoms with van der Waals surface area (Å²) in [6.45, 7) is 11.2. The number of allylic oxidation sites excluding steroid dienone is 1. The third-order valence-electron chi connectivity index (χ3n) is 0.901. The summed E-state index contributed by atoms with van der Waals surface area (Å²) in [6, 6.07) is 0. The summed E-state index contributed by atoms with van der Waals surface area (Å²) in [6.07, 6.45) is 5.05. The van der Waals surface area contributed by atoms with Gasteiger partial charge < -0.3 is 5.32 Å². The highest BCUT2D eigenvalue weighted by molar-refractivity contribution is 5.28. The van der Waals surface area contributed by atoms with E-state index in [1.807, 2.05) is 0 Å². The van der Waals surface area contributed by atoms with Gasteiger partial charge in [0.05, 0.1) is 5.70 Å². The van der Waals surface area contributed by atoms with Crippen LogP contribution in [0.4, 0.5) is 0 Å². The van der Waals surface area contributed by atoms with E-state index in [1.54, 1.807) is 18.4 Å². The Kier molecular flexibility index (Phi) is 5.06. The van der Waals surface area contributed by atoms with Crippen molar-refractivity contribution < 1.29 is 0 Å². The van der Waals surface area contributed by atoms with Crippen LogP contribution in [0, 0.1) is 0 Å². The lowest BCUT2D eigenvalue weighted by Gasteiger charge is -2.00. The minimum Gasteiger partial charge on any atom is -0.380 e. The smallest absolute Gasteiger partial charge is 0.0522 e. The van der Waals surface area contributed by atoms with Gasteiger partial charge in [0.25, 0.3) is 0 Å². The van der Waals surface area contributed by atoms with E-state index in [2.05, 4.69) is 30.2 Å². The summed E-state index contributed by atoms with van der Waals surface area (Å²) in [7, 11) is 0. The lowest BCUT2D eigenvalue weighted by Crippen LogP contribution is -2.10. The molecule has 0 heterocycles. The average molecular weight is 136 g/mol. The van der Waals surface area contributed by atoms with E-state index in [1.165, 1.54) is 0 Å². The molecule has 0 unspecified atom stereocenters. The van der Waals surface area contributed by atoms with E-state index in [-0.39, 0.29) is 0 Å². The molecule has 0 aromatic carbocycles. The van der Waals surface area contributed by atoms with Crippen LogP contribution in [0.3, 0.4) is 0 Å². The van der Waals surface area contributed by atoms with Gasteiger partial charge in [-0.05, 0) is 12.8 Å². The summed E-state index contributed by atoms with van der Waals surface area (Å²) < 4.78 is 0. The van der Waals surface area contributed by atoms with Gasteiger partial charge in [0, 0.05) is 12.7 Å². The van der Waals surface area contributed by atoms with Crippen molar-refractivity contribution in [1.29, 1.82) is 0 Å². The molecule has 0 spiro atoms. The molecule has 0 aliphatic carbocycles. The van der Waals surface area contributed by atoms with Crippen molar-refractivity contribution in [2.75, 3.05) is 6.54 Å². The van der Waals surface area contributed by atoms with Gasteiger partial charge in [0.2, 0.25) is 0 Å². The first-order chi connectivity index (χ1) is 4.85. The maximum Gasteiger partial charge on any atom is 0.0522 e. The number of nitrogens with zero attached hydrogens (tertiary/aromatic N) is 1. The molecule has 1 N–H and O–H groups in total. The second kappa shape index (κ2) is 5.82. The van der Waals surface area contributed by atoms with Gasteiger partial charge in [-0.3, -0.25) is 4.99 Å². The topological polar surface area (TPSA) is 24.4 Å². The van der Waals surface area contributed by atoms with E-state index in [9.17, 15) is 0 Å². The fraction of sp³-hybridized carbons (Fsp3) is 0.125. The van der Waals surface area contributed by atoms with Crippen molar-refractivity contribution in [2.45, 2.75) is 0 Å². The molecule has 0 aromatic heterocycles. The highest BCUT2D eigenvalue weighted by Gasteiger charge is 1.83. The molecular weight excluding hydrogens is 124 g/mol. The largest absolute Gasteiger partial charge is 0.380 e. The number of aliphatic imine (C=N–C) groups is 1. The molecule has 0 saturated carbocycles. The van der Waals surface area contributed by atoms with Crippen LogP contribution >= 0.6 is 0 Å². The molecule has 0 atom stereocenters. The van der Waals surface area contributed by atoms with Crippen LogP contribution in [-0.4, -0.2) is 13.3 Å². The van der Waals surface area contributed by atoms with Crippen molar-refractivity contribution in [3.8, 4) is 0 Å². The second-order valence-electron chi connectivity index (χ2n) is 1.64. The van der Waals surface area contributed by atoms with Crippen LogP contribution < -0.4 is 5.32 Å². The summed E-state index contributed by atoms with van der Waals surface area (Å²) >= 11 is 0. The fourth-order valence-corrected chi connectivity index (χ4v) is 0.459. The Balaban J connectivity index is 3.81. The van der Waals surface area contributed by atoms with Gasteiger partial charge in [0.15, 0.2) is 0 Å². The highest BCUT2D eigenvalue weighted by Crippen LogP contribution is 1.88. The molecular formula is C8H12N2. The average Bonchev–Trinajstić information content (AvgIpc) is 1.98. The summed E-state index contributed by atoms with van der Waals surface area (Å²) in [5.74, 6) is 0. The highest BCUT2D eigenvalue weighted by atomic mass is 14.9. The summed E-state index contributed by atoms with van der Waals surface area (Å²) in [5.41, 5.74) is 0.856. The maximum atomic E-state index is 3.58. The van der Waals surface area contributed by atoms with Crippen LogP contribution in [0.2, 0.25) is 0 Å². The van der Waals surface area contributed by atoms with E-state index < -0.39 is 0 Å². The van der Waals surface area contributed by atoms with Gasteiger partial charge in [0.1, 0.15) is 0 Å². The number of nitrogens with one attached hydrogen (secondary N) is 1. The maximum absolute atomic E-state index is 3.58. The van der Waals surface area contributed by atoms with Gasteiger partial charge in [-0.15, -0.1) is 6.58 Å². The van der Waals surface area contributed by atoms with E-state index in [0.29, 0.717) is 6.54 Å². The van der Waals surface area contributed by atoms with Crippen molar-refractivity contribution in [3.05, 3.63) is 37.2 Å². The summed E-state index contributed by atoms with van der Waals surface area (Å²) in [5, 5.41) is 3.01. The predicted octanol–water partition coefficient (Wildman–Crippen LogP) is 1.49. The Morgan fingerprint density at radius 2 is 2.20 bits per heavy atom. The zero-order chi connectivity index (χ0) is 7.82. The van der Waals surface area contributed by atoms with Gasteiger partial charge >= 0.3 is 0 Å². The molecule has 0 aromatic rings. The Bertz CT molecular complexity index is 157. The molecule has 0 radical (unpaired) electrons. The Hall–Kier alpha value is -1.31. The molecule has 0 fully saturated rings. The van der Waals surface area contributed by atoms with Crippen molar-refractivity contribution >= 4 is 6.72 Å². The minimum absolute atomic E-state index is 0.716. The van der Waals surface area contributed by atoms with Crippen LogP contribution in [0.25, 0.3) is 0 Å². The first-order valence-corrected chi connectivity index (χ1v) is 2.98. The molecule has 0 aliphatic rings. The molecule has 0 saturated heterocycles. The van der Waals surface area contributed by atoms with Gasteiger partial charge in [-0.2, -0.15) is 0 Å². The predicted molar refractivity (Wildman–Crippen MR) is 46.0 cm³/mol. The van der Waals surface area contributed by atoms with Crippen LogP contribution in [0.15, 0.2) is 42.2 Å². The molecule has 0 rings (SSSR count). The van der Waals surface area contributed by atoms with Crippen LogP contribution in [0.1, 0.15) is 0 Å². The molecule has 0 bridgehead atoms. The zero-order valence-corrected chi connectivity index (χ0v) is 6.01.